The van der Waals surface area contributed by atoms with Gasteiger partial charge in [0.25, 0.3) is 0 Å². The Kier molecular flexibility index (Phi) is 3.37. The number of hydrogen-bond donors (Lipinski definition) is 1. The van der Waals surface area contributed by atoms with E-state index in [4.69, 9.17) is 0 Å². The molecule has 0 bridgehead atoms. The van der Waals surface area contributed by atoms with Crippen LogP contribution in [0.3, 0.4) is 0 Å². The zero-order valence-corrected chi connectivity index (χ0v) is 9.31. The number of hydrogen-bond acceptors (Lipinski definition) is 1. The van der Waals surface area contributed by atoms with Crippen LogP contribution in [0.25, 0.3) is 0 Å². The van der Waals surface area contributed by atoms with Crippen molar-refractivity contribution in [3.05, 3.63) is 71.3 Å². The zero-order valence-electron chi connectivity index (χ0n) is 9.31. The van der Waals surface area contributed by atoms with Crippen LogP contribution >= 0.6 is 0 Å². The van der Waals surface area contributed by atoms with Gasteiger partial charge in [-0.3, -0.25) is 4.79 Å². The summed E-state index contributed by atoms with van der Waals surface area (Å²) in [6.45, 7) is 0. The van der Waals surface area contributed by atoms with E-state index in [1.165, 1.54) is 12.1 Å². The lowest BCUT2D eigenvalue weighted by atomic mass is 9.91. The summed E-state index contributed by atoms with van der Waals surface area (Å²) >= 11 is 0. The minimum Gasteiger partial charge on any atom is -0.481 e. The second kappa shape index (κ2) is 4.96. The molecule has 0 aromatic heterocycles. The summed E-state index contributed by atoms with van der Waals surface area (Å²) in [5.41, 5.74) is 0.239. The van der Waals surface area contributed by atoms with Crippen LogP contribution in [-0.2, 0) is 4.79 Å². The van der Waals surface area contributed by atoms with Gasteiger partial charge in [-0.15, -0.1) is 0 Å². The molecule has 2 aromatic carbocycles. The lowest BCUT2D eigenvalue weighted by Crippen LogP contribution is -2.15. The Bertz CT molecular complexity index is 567. The van der Waals surface area contributed by atoms with E-state index in [2.05, 4.69) is 0 Å². The van der Waals surface area contributed by atoms with E-state index < -0.39 is 23.5 Å². The maximum Gasteiger partial charge on any atom is 0.315 e. The molecular weight excluding hydrogens is 238 g/mol. The molecule has 2 rings (SSSR count). The Morgan fingerprint density at radius 1 is 1.00 bits per heavy atom. The van der Waals surface area contributed by atoms with E-state index in [1.54, 1.807) is 30.3 Å². The van der Waals surface area contributed by atoms with Crippen molar-refractivity contribution < 1.29 is 18.7 Å². The molecule has 1 atom stereocenters. The third kappa shape index (κ3) is 2.22. The van der Waals surface area contributed by atoms with Crippen molar-refractivity contribution >= 4 is 5.97 Å². The predicted octanol–water partition coefficient (Wildman–Crippen LogP) is 3.18. The fourth-order valence-electron chi connectivity index (χ4n) is 1.84. The molecule has 0 aliphatic heterocycles. The lowest BCUT2D eigenvalue weighted by Gasteiger charge is -2.14. The summed E-state index contributed by atoms with van der Waals surface area (Å²) in [5, 5.41) is 9.21. The predicted molar refractivity (Wildman–Crippen MR) is 62.3 cm³/mol. The van der Waals surface area contributed by atoms with Crippen molar-refractivity contribution in [1.82, 2.24) is 0 Å². The second-order valence-corrected chi connectivity index (χ2v) is 3.82. The SMILES string of the molecule is O=C(O)C(c1ccccc1)c1cccc(F)c1F. The molecule has 0 saturated heterocycles. The highest BCUT2D eigenvalue weighted by Crippen LogP contribution is 2.28. The molecule has 1 N–H and O–H groups in total. The largest absolute Gasteiger partial charge is 0.481 e. The fraction of sp³-hybridized carbons (Fsp3) is 0.0714. The van der Waals surface area contributed by atoms with Gasteiger partial charge in [0.15, 0.2) is 11.6 Å². The van der Waals surface area contributed by atoms with Crippen LogP contribution in [0.2, 0.25) is 0 Å². The first-order valence-electron chi connectivity index (χ1n) is 5.33. The standard InChI is InChI=1S/C14H10F2O2/c15-11-8-4-7-10(13(11)16)12(14(17)18)9-5-2-1-3-6-9/h1-8,12H,(H,17,18). The van der Waals surface area contributed by atoms with Crippen molar-refractivity contribution in [3.8, 4) is 0 Å². The molecule has 0 heterocycles. The average molecular weight is 248 g/mol. The minimum absolute atomic E-state index is 0.172. The van der Waals surface area contributed by atoms with Crippen LogP contribution in [0.15, 0.2) is 48.5 Å². The maximum atomic E-state index is 13.7. The molecule has 0 aliphatic carbocycles. The van der Waals surface area contributed by atoms with Gasteiger partial charge in [-0.25, -0.2) is 8.78 Å². The summed E-state index contributed by atoms with van der Waals surface area (Å²) < 4.78 is 26.8. The van der Waals surface area contributed by atoms with Gasteiger partial charge < -0.3 is 5.11 Å². The van der Waals surface area contributed by atoms with Crippen LogP contribution < -0.4 is 0 Å². The fourth-order valence-corrected chi connectivity index (χ4v) is 1.84. The van der Waals surface area contributed by atoms with Gasteiger partial charge in [0.1, 0.15) is 5.92 Å². The Labute approximate surface area is 103 Å². The summed E-state index contributed by atoms with van der Waals surface area (Å²) in [7, 11) is 0. The molecule has 4 heteroatoms. The number of carboxylic acid groups (broad SMARTS) is 1. The molecule has 18 heavy (non-hydrogen) atoms. The first-order valence-corrected chi connectivity index (χ1v) is 5.33. The Hall–Kier alpha value is -2.23. The monoisotopic (exact) mass is 248 g/mol. The van der Waals surface area contributed by atoms with Crippen molar-refractivity contribution in [2.75, 3.05) is 0 Å². The molecule has 0 aliphatic rings. The highest BCUT2D eigenvalue weighted by atomic mass is 19.2. The van der Waals surface area contributed by atoms with Gasteiger partial charge in [0.2, 0.25) is 0 Å². The van der Waals surface area contributed by atoms with Crippen molar-refractivity contribution in [3.63, 3.8) is 0 Å². The number of carboxylic acids is 1. The van der Waals surface area contributed by atoms with Gasteiger partial charge in [0.05, 0.1) is 0 Å². The number of carbonyl (C=O) groups is 1. The van der Waals surface area contributed by atoms with E-state index in [0.717, 1.165) is 6.07 Å². The highest BCUT2D eigenvalue weighted by molar-refractivity contribution is 5.80. The van der Waals surface area contributed by atoms with Gasteiger partial charge in [-0.05, 0) is 11.6 Å². The third-order valence-corrected chi connectivity index (χ3v) is 2.67. The quantitative estimate of drug-likeness (QED) is 0.905. The lowest BCUT2D eigenvalue weighted by molar-refractivity contribution is -0.137. The molecule has 0 fully saturated rings. The summed E-state index contributed by atoms with van der Waals surface area (Å²) in [6, 6.07) is 11.7. The summed E-state index contributed by atoms with van der Waals surface area (Å²) in [6.07, 6.45) is 0. The first kappa shape index (κ1) is 12.2. The third-order valence-electron chi connectivity index (χ3n) is 2.67. The zero-order chi connectivity index (χ0) is 13.1. The van der Waals surface area contributed by atoms with Crippen LogP contribution in [0.5, 0.6) is 0 Å². The smallest absolute Gasteiger partial charge is 0.315 e. The average Bonchev–Trinajstić information content (AvgIpc) is 2.36. The van der Waals surface area contributed by atoms with Gasteiger partial charge in [-0.1, -0.05) is 42.5 Å². The topological polar surface area (TPSA) is 37.3 Å². The Balaban J connectivity index is 2.56. The molecule has 2 nitrogen and oxygen atoms in total. The van der Waals surface area contributed by atoms with E-state index in [1.807, 2.05) is 0 Å². The molecule has 0 saturated carbocycles. The van der Waals surface area contributed by atoms with Gasteiger partial charge in [-0.2, -0.15) is 0 Å². The van der Waals surface area contributed by atoms with Crippen molar-refractivity contribution in [2.24, 2.45) is 0 Å². The number of halogens is 2. The second-order valence-electron chi connectivity index (χ2n) is 3.82. The highest BCUT2D eigenvalue weighted by Gasteiger charge is 2.26. The molecule has 0 amide bonds. The molecule has 92 valence electrons. The molecule has 2 aromatic rings. The van der Waals surface area contributed by atoms with Crippen molar-refractivity contribution in [1.29, 1.82) is 0 Å². The number of aliphatic carboxylic acids is 1. The van der Waals surface area contributed by atoms with Crippen LogP contribution in [0.1, 0.15) is 17.0 Å². The first-order chi connectivity index (χ1) is 8.61. The molecule has 0 radical (unpaired) electrons. The minimum atomic E-state index is -1.22. The van der Waals surface area contributed by atoms with E-state index in [0.29, 0.717) is 5.56 Å². The number of benzene rings is 2. The summed E-state index contributed by atoms with van der Waals surface area (Å²) in [5.74, 6) is -4.59. The van der Waals surface area contributed by atoms with Gasteiger partial charge >= 0.3 is 5.97 Å². The molecular formula is C14H10F2O2. The maximum absolute atomic E-state index is 13.7. The van der Waals surface area contributed by atoms with Crippen molar-refractivity contribution in [2.45, 2.75) is 5.92 Å². The number of rotatable bonds is 3. The molecule has 0 spiro atoms. The van der Waals surface area contributed by atoms with Crippen LogP contribution in [-0.4, -0.2) is 11.1 Å². The van der Waals surface area contributed by atoms with E-state index >= 15 is 0 Å². The van der Waals surface area contributed by atoms with Crippen LogP contribution in [0, 0.1) is 11.6 Å². The van der Waals surface area contributed by atoms with Gasteiger partial charge in [0, 0.05) is 5.56 Å². The summed E-state index contributed by atoms with van der Waals surface area (Å²) in [4.78, 5) is 11.3. The van der Waals surface area contributed by atoms with E-state index in [9.17, 15) is 18.7 Å². The Morgan fingerprint density at radius 2 is 1.67 bits per heavy atom. The van der Waals surface area contributed by atoms with Crippen LogP contribution in [0.4, 0.5) is 8.78 Å². The Morgan fingerprint density at radius 3 is 2.28 bits per heavy atom. The van der Waals surface area contributed by atoms with E-state index in [-0.39, 0.29) is 5.56 Å². The normalized spacial score (nSPS) is 12.1. The molecule has 1 unspecified atom stereocenters.